The van der Waals surface area contributed by atoms with Crippen LogP contribution in [-0.2, 0) is 11.3 Å². The van der Waals surface area contributed by atoms with Gasteiger partial charge < -0.3 is 10.2 Å². The van der Waals surface area contributed by atoms with Crippen molar-refractivity contribution in [2.45, 2.75) is 27.3 Å². The summed E-state index contributed by atoms with van der Waals surface area (Å²) in [5.41, 5.74) is 0.429. The number of hydrogen-bond donors (Lipinski definition) is 1. The van der Waals surface area contributed by atoms with E-state index in [0.717, 1.165) is 5.69 Å². The fraction of sp³-hybridized carbons (Fsp3) is 0.583. The van der Waals surface area contributed by atoms with E-state index in [1.54, 1.807) is 12.3 Å². The number of carbonyl (C=O) groups is 1. The monoisotopic (exact) mass is 236 g/mol. The summed E-state index contributed by atoms with van der Waals surface area (Å²) in [5.74, 6) is 0.662. The van der Waals surface area contributed by atoms with Crippen LogP contribution in [-0.4, -0.2) is 30.0 Å². The predicted octanol–water partition coefficient (Wildman–Crippen LogP) is 1.20. The minimum atomic E-state index is -0.378. The molecule has 1 N–H and O–H groups in total. The van der Waals surface area contributed by atoms with Crippen molar-refractivity contribution in [3.8, 4) is 0 Å². The standard InChI is InChI=1S/C12H20N4O/c1-12(2,3)10(17)14-8-9-6-7-13-11(15-9)16(4)5/h6-7H,8H2,1-5H3,(H,14,17). The summed E-state index contributed by atoms with van der Waals surface area (Å²) >= 11 is 0. The highest BCUT2D eigenvalue weighted by Gasteiger charge is 2.20. The topological polar surface area (TPSA) is 58.1 Å². The highest BCUT2D eigenvalue weighted by Crippen LogP contribution is 2.12. The molecule has 5 nitrogen and oxygen atoms in total. The molecule has 0 unspecified atom stereocenters. The first-order valence-electron chi connectivity index (χ1n) is 5.58. The lowest BCUT2D eigenvalue weighted by Gasteiger charge is -2.17. The molecule has 0 aromatic carbocycles. The van der Waals surface area contributed by atoms with E-state index in [2.05, 4.69) is 15.3 Å². The molecule has 1 heterocycles. The molecule has 0 radical (unpaired) electrons. The summed E-state index contributed by atoms with van der Waals surface area (Å²) in [7, 11) is 3.76. The van der Waals surface area contributed by atoms with Crippen molar-refractivity contribution in [2.24, 2.45) is 5.41 Å². The van der Waals surface area contributed by atoms with Gasteiger partial charge in [0.1, 0.15) is 0 Å². The zero-order valence-electron chi connectivity index (χ0n) is 11.1. The molecule has 94 valence electrons. The Hall–Kier alpha value is -1.65. The number of amides is 1. The van der Waals surface area contributed by atoms with Crippen molar-refractivity contribution in [1.82, 2.24) is 15.3 Å². The molecule has 0 aliphatic heterocycles. The largest absolute Gasteiger partial charge is 0.350 e. The minimum Gasteiger partial charge on any atom is -0.350 e. The van der Waals surface area contributed by atoms with Gasteiger partial charge in [-0.05, 0) is 6.07 Å². The van der Waals surface area contributed by atoms with E-state index in [0.29, 0.717) is 12.5 Å². The molecule has 1 aromatic heterocycles. The minimum absolute atomic E-state index is 0.0162. The lowest BCUT2D eigenvalue weighted by atomic mass is 9.96. The van der Waals surface area contributed by atoms with Crippen LogP contribution < -0.4 is 10.2 Å². The Morgan fingerprint density at radius 1 is 1.41 bits per heavy atom. The molecule has 5 heteroatoms. The maximum atomic E-state index is 11.7. The van der Waals surface area contributed by atoms with Crippen LogP contribution in [0.2, 0.25) is 0 Å². The molecular formula is C12H20N4O. The Morgan fingerprint density at radius 3 is 2.59 bits per heavy atom. The third-order valence-electron chi connectivity index (χ3n) is 2.21. The molecule has 0 spiro atoms. The quantitative estimate of drug-likeness (QED) is 0.857. The van der Waals surface area contributed by atoms with Gasteiger partial charge in [0, 0.05) is 25.7 Å². The zero-order chi connectivity index (χ0) is 13.1. The van der Waals surface area contributed by atoms with Gasteiger partial charge in [0.25, 0.3) is 0 Å². The number of nitrogens with zero attached hydrogens (tertiary/aromatic N) is 3. The predicted molar refractivity (Wildman–Crippen MR) is 67.7 cm³/mol. The number of anilines is 1. The van der Waals surface area contributed by atoms with Gasteiger partial charge >= 0.3 is 0 Å². The van der Waals surface area contributed by atoms with E-state index in [1.165, 1.54) is 0 Å². The third kappa shape index (κ3) is 4.01. The molecule has 17 heavy (non-hydrogen) atoms. The Balaban J connectivity index is 2.64. The van der Waals surface area contributed by atoms with Gasteiger partial charge in [-0.3, -0.25) is 4.79 Å². The van der Waals surface area contributed by atoms with E-state index in [1.807, 2.05) is 39.8 Å². The summed E-state index contributed by atoms with van der Waals surface area (Å²) in [4.78, 5) is 22.0. The number of rotatable bonds is 3. The lowest BCUT2D eigenvalue weighted by Crippen LogP contribution is -2.34. The van der Waals surface area contributed by atoms with Gasteiger partial charge in [-0.2, -0.15) is 0 Å². The normalized spacial score (nSPS) is 11.1. The zero-order valence-corrected chi connectivity index (χ0v) is 11.1. The summed E-state index contributed by atoms with van der Waals surface area (Å²) in [6.45, 7) is 6.08. The van der Waals surface area contributed by atoms with Crippen LogP contribution in [0.1, 0.15) is 26.5 Å². The molecule has 0 bridgehead atoms. The van der Waals surface area contributed by atoms with Crippen LogP contribution in [0.3, 0.4) is 0 Å². The van der Waals surface area contributed by atoms with Crippen molar-refractivity contribution in [1.29, 1.82) is 0 Å². The number of aromatic nitrogens is 2. The molecule has 0 aliphatic rings. The Labute approximate surface area is 102 Å². The molecule has 0 saturated carbocycles. The molecular weight excluding hydrogens is 216 g/mol. The summed E-state index contributed by atoms with van der Waals surface area (Å²) in [6, 6.07) is 1.80. The average Bonchev–Trinajstić information content (AvgIpc) is 2.25. The van der Waals surface area contributed by atoms with Crippen LogP contribution in [0.4, 0.5) is 5.95 Å². The Bertz CT molecular complexity index is 396. The first-order chi connectivity index (χ1) is 7.80. The van der Waals surface area contributed by atoms with E-state index in [-0.39, 0.29) is 11.3 Å². The fourth-order valence-electron chi connectivity index (χ4n) is 1.13. The summed E-state index contributed by atoms with van der Waals surface area (Å²) in [6.07, 6.45) is 1.70. The van der Waals surface area contributed by atoms with E-state index in [9.17, 15) is 4.79 Å². The van der Waals surface area contributed by atoms with Crippen LogP contribution >= 0.6 is 0 Å². The molecule has 1 rings (SSSR count). The van der Waals surface area contributed by atoms with E-state index < -0.39 is 0 Å². The molecule has 0 saturated heterocycles. The second-order valence-electron chi connectivity index (χ2n) is 5.18. The maximum absolute atomic E-state index is 11.7. The highest BCUT2D eigenvalue weighted by molar-refractivity contribution is 5.81. The first-order valence-corrected chi connectivity index (χ1v) is 5.58. The van der Waals surface area contributed by atoms with Crippen LogP contribution in [0.15, 0.2) is 12.3 Å². The van der Waals surface area contributed by atoms with Gasteiger partial charge in [0.15, 0.2) is 0 Å². The van der Waals surface area contributed by atoms with Gasteiger partial charge in [-0.15, -0.1) is 0 Å². The van der Waals surface area contributed by atoms with E-state index >= 15 is 0 Å². The molecule has 0 fully saturated rings. The van der Waals surface area contributed by atoms with Gasteiger partial charge in [0.2, 0.25) is 11.9 Å². The van der Waals surface area contributed by atoms with Crippen molar-refractivity contribution in [3.05, 3.63) is 18.0 Å². The number of hydrogen-bond acceptors (Lipinski definition) is 4. The lowest BCUT2D eigenvalue weighted by molar-refractivity contribution is -0.128. The van der Waals surface area contributed by atoms with Crippen LogP contribution in [0, 0.1) is 5.41 Å². The summed E-state index contributed by atoms with van der Waals surface area (Å²) < 4.78 is 0. The molecule has 1 amide bonds. The van der Waals surface area contributed by atoms with E-state index in [4.69, 9.17) is 0 Å². The van der Waals surface area contributed by atoms with Crippen molar-refractivity contribution < 1.29 is 4.79 Å². The van der Waals surface area contributed by atoms with Gasteiger partial charge in [-0.25, -0.2) is 9.97 Å². The second-order valence-corrected chi connectivity index (χ2v) is 5.18. The maximum Gasteiger partial charge on any atom is 0.225 e. The van der Waals surface area contributed by atoms with Crippen LogP contribution in [0.25, 0.3) is 0 Å². The molecule has 1 aromatic rings. The highest BCUT2D eigenvalue weighted by atomic mass is 16.2. The van der Waals surface area contributed by atoms with Crippen molar-refractivity contribution >= 4 is 11.9 Å². The molecule has 0 aliphatic carbocycles. The van der Waals surface area contributed by atoms with Crippen LogP contribution in [0.5, 0.6) is 0 Å². The number of carbonyl (C=O) groups excluding carboxylic acids is 1. The Morgan fingerprint density at radius 2 is 2.06 bits per heavy atom. The van der Waals surface area contributed by atoms with Crippen molar-refractivity contribution in [2.75, 3.05) is 19.0 Å². The second kappa shape index (κ2) is 5.12. The fourth-order valence-corrected chi connectivity index (χ4v) is 1.13. The van der Waals surface area contributed by atoms with Gasteiger partial charge in [-0.1, -0.05) is 20.8 Å². The van der Waals surface area contributed by atoms with Gasteiger partial charge in [0.05, 0.1) is 12.2 Å². The smallest absolute Gasteiger partial charge is 0.225 e. The average molecular weight is 236 g/mol. The molecule has 0 atom stereocenters. The summed E-state index contributed by atoms with van der Waals surface area (Å²) in [5, 5.41) is 2.86. The third-order valence-corrected chi connectivity index (χ3v) is 2.21. The number of nitrogens with one attached hydrogen (secondary N) is 1. The SMILES string of the molecule is CN(C)c1nccc(CNC(=O)C(C)(C)C)n1. The Kier molecular flexibility index (Phi) is 4.04. The first kappa shape index (κ1) is 13.4. The van der Waals surface area contributed by atoms with Crippen molar-refractivity contribution in [3.63, 3.8) is 0 Å².